The smallest absolute Gasteiger partial charge is 0.143 e. The maximum absolute atomic E-state index is 6.88. The van der Waals surface area contributed by atoms with Crippen LogP contribution in [-0.2, 0) is 5.41 Å². The van der Waals surface area contributed by atoms with Crippen molar-refractivity contribution in [2.45, 2.75) is 26.2 Å². The van der Waals surface area contributed by atoms with Crippen LogP contribution in [0, 0.1) is 0 Å². The van der Waals surface area contributed by atoms with E-state index in [-0.39, 0.29) is 5.41 Å². The molecule has 0 aliphatic rings. The standard InChI is InChI=1S/C36H30O/c1-36(2,3)32-20-12-19-29(27-15-8-5-9-16-27)33(32)35-31-18-11-10-17-30(31)34(37-35)28-23-21-26(22-24-28)25-13-6-4-7-14-25/h4-24H,1-3H3. The zero-order chi connectivity index (χ0) is 25.4. The van der Waals surface area contributed by atoms with Crippen LogP contribution in [0.15, 0.2) is 132 Å². The Labute approximate surface area is 219 Å². The van der Waals surface area contributed by atoms with E-state index < -0.39 is 0 Å². The fraction of sp³-hybridized carbons (Fsp3) is 0.111. The van der Waals surface area contributed by atoms with E-state index in [1.165, 1.54) is 33.4 Å². The Balaban J connectivity index is 1.58. The summed E-state index contributed by atoms with van der Waals surface area (Å²) in [4.78, 5) is 0. The fourth-order valence-corrected chi connectivity index (χ4v) is 5.22. The largest absolute Gasteiger partial charge is 0.455 e. The van der Waals surface area contributed by atoms with E-state index in [0.717, 1.165) is 27.9 Å². The topological polar surface area (TPSA) is 13.1 Å². The van der Waals surface area contributed by atoms with Crippen molar-refractivity contribution >= 4 is 10.8 Å². The molecule has 6 aromatic rings. The number of benzene rings is 5. The number of hydrogen-bond donors (Lipinski definition) is 0. The third-order valence-electron chi connectivity index (χ3n) is 7.06. The summed E-state index contributed by atoms with van der Waals surface area (Å²) in [5, 5.41) is 2.27. The van der Waals surface area contributed by atoms with Crippen LogP contribution in [0.4, 0.5) is 0 Å². The van der Waals surface area contributed by atoms with Gasteiger partial charge < -0.3 is 4.42 Å². The summed E-state index contributed by atoms with van der Waals surface area (Å²) in [6.07, 6.45) is 0. The predicted molar refractivity (Wildman–Crippen MR) is 157 cm³/mol. The summed E-state index contributed by atoms with van der Waals surface area (Å²) in [6.45, 7) is 6.82. The molecule has 180 valence electrons. The molecule has 0 unspecified atom stereocenters. The van der Waals surface area contributed by atoms with Gasteiger partial charge in [-0.25, -0.2) is 0 Å². The second kappa shape index (κ2) is 9.26. The quantitative estimate of drug-likeness (QED) is 0.246. The van der Waals surface area contributed by atoms with Crippen LogP contribution < -0.4 is 0 Å². The van der Waals surface area contributed by atoms with Crippen LogP contribution >= 0.6 is 0 Å². The Morgan fingerprint density at radius 1 is 0.432 bits per heavy atom. The van der Waals surface area contributed by atoms with Gasteiger partial charge in [-0.15, -0.1) is 0 Å². The van der Waals surface area contributed by atoms with Crippen molar-refractivity contribution in [1.29, 1.82) is 0 Å². The van der Waals surface area contributed by atoms with Gasteiger partial charge >= 0.3 is 0 Å². The molecule has 0 atom stereocenters. The molecule has 0 N–H and O–H groups in total. The second-order valence-corrected chi connectivity index (χ2v) is 10.6. The number of fused-ring (bicyclic) bond motifs is 1. The highest BCUT2D eigenvalue weighted by molar-refractivity contribution is 6.05. The molecule has 1 aromatic heterocycles. The normalized spacial score (nSPS) is 11.6. The molecule has 0 aliphatic heterocycles. The molecule has 0 bridgehead atoms. The molecule has 1 nitrogen and oxygen atoms in total. The first-order valence-electron chi connectivity index (χ1n) is 12.9. The Morgan fingerprint density at radius 3 is 1.57 bits per heavy atom. The lowest BCUT2D eigenvalue weighted by atomic mass is 9.80. The Morgan fingerprint density at radius 2 is 0.946 bits per heavy atom. The Kier molecular flexibility index (Phi) is 5.77. The zero-order valence-corrected chi connectivity index (χ0v) is 21.5. The van der Waals surface area contributed by atoms with Crippen LogP contribution in [-0.4, -0.2) is 0 Å². The van der Waals surface area contributed by atoms with Gasteiger partial charge in [0.25, 0.3) is 0 Å². The third-order valence-corrected chi connectivity index (χ3v) is 7.06. The lowest BCUT2D eigenvalue weighted by Crippen LogP contribution is -2.13. The van der Waals surface area contributed by atoms with Crippen molar-refractivity contribution in [3.05, 3.63) is 133 Å². The highest BCUT2D eigenvalue weighted by Gasteiger charge is 2.26. The average molecular weight is 479 g/mol. The molecule has 5 aromatic carbocycles. The molecule has 37 heavy (non-hydrogen) atoms. The third kappa shape index (κ3) is 4.27. The minimum absolute atomic E-state index is 0.0501. The highest BCUT2D eigenvalue weighted by atomic mass is 16.3. The fourth-order valence-electron chi connectivity index (χ4n) is 5.22. The second-order valence-electron chi connectivity index (χ2n) is 10.6. The molecule has 0 radical (unpaired) electrons. The molecule has 0 saturated carbocycles. The molecule has 0 aliphatic carbocycles. The van der Waals surface area contributed by atoms with Crippen LogP contribution in [0.5, 0.6) is 0 Å². The van der Waals surface area contributed by atoms with E-state index in [9.17, 15) is 0 Å². The van der Waals surface area contributed by atoms with Crippen LogP contribution in [0.25, 0.3) is 55.7 Å². The summed E-state index contributed by atoms with van der Waals surface area (Å²) in [5.74, 6) is 1.84. The Bertz CT molecular complexity index is 1670. The predicted octanol–water partition coefficient (Wildman–Crippen LogP) is 10.4. The lowest BCUT2D eigenvalue weighted by Gasteiger charge is -2.24. The maximum atomic E-state index is 6.88. The minimum Gasteiger partial charge on any atom is -0.455 e. The van der Waals surface area contributed by atoms with E-state index in [2.05, 4.69) is 142 Å². The summed E-state index contributed by atoms with van der Waals surface area (Å²) in [5.41, 5.74) is 8.28. The van der Waals surface area contributed by atoms with Gasteiger partial charge in [-0.05, 0) is 33.2 Å². The van der Waals surface area contributed by atoms with Crippen molar-refractivity contribution in [3.8, 4) is 44.9 Å². The van der Waals surface area contributed by atoms with Crippen molar-refractivity contribution in [1.82, 2.24) is 0 Å². The number of rotatable bonds is 4. The van der Waals surface area contributed by atoms with Gasteiger partial charge in [0.15, 0.2) is 0 Å². The van der Waals surface area contributed by atoms with Crippen molar-refractivity contribution in [3.63, 3.8) is 0 Å². The van der Waals surface area contributed by atoms with Gasteiger partial charge in [-0.3, -0.25) is 0 Å². The first-order chi connectivity index (χ1) is 18.0. The molecule has 1 heteroatoms. The Hall–Kier alpha value is -4.36. The average Bonchev–Trinajstić information content (AvgIpc) is 3.33. The first kappa shape index (κ1) is 23.1. The van der Waals surface area contributed by atoms with Gasteiger partial charge in [0.05, 0.1) is 0 Å². The van der Waals surface area contributed by atoms with Crippen LogP contribution in [0.2, 0.25) is 0 Å². The molecule has 0 amide bonds. The monoisotopic (exact) mass is 478 g/mol. The number of hydrogen-bond acceptors (Lipinski definition) is 1. The summed E-state index contributed by atoms with van der Waals surface area (Å²) < 4.78 is 6.88. The lowest BCUT2D eigenvalue weighted by molar-refractivity contribution is 0.576. The van der Waals surface area contributed by atoms with Crippen LogP contribution in [0.3, 0.4) is 0 Å². The molecule has 1 heterocycles. The molecular formula is C36H30O. The van der Waals surface area contributed by atoms with Gasteiger partial charge in [0.2, 0.25) is 0 Å². The van der Waals surface area contributed by atoms with E-state index in [1.54, 1.807) is 0 Å². The number of furan rings is 1. The van der Waals surface area contributed by atoms with Gasteiger partial charge in [-0.1, -0.05) is 148 Å². The zero-order valence-electron chi connectivity index (χ0n) is 21.5. The van der Waals surface area contributed by atoms with E-state index in [4.69, 9.17) is 4.42 Å². The molecule has 0 saturated heterocycles. The van der Waals surface area contributed by atoms with Gasteiger partial charge in [0.1, 0.15) is 11.5 Å². The highest BCUT2D eigenvalue weighted by Crippen LogP contribution is 2.46. The first-order valence-corrected chi connectivity index (χ1v) is 12.9. The van der Waals surface area contributed by atoms with Crippen molar-refractivity contribution in [2.24, 2.45) is 0 Å². The van der Waals surface area contributed by atoms with Crippen molar-refractivity contribution in [2.75, 3.05) is 0 Å². The van der Waals surface area contributed by atoms with Gasteiger partial charge in [-0.2, -0.15) is 0 Å². The summed E-state index contributed by atoms with van der Waals surface area (Å²) >= 11 is 0. The minimum atomic E-state index is -0.0501. The molecular weight excluding hydrogens is 448 g/mol. The van der Waals surface area contributed by atoms with Crippen LogP contribution in [0.1, 0.15) is 26.3 Å². The molecule has 0 spiro atoms. The molecule has 6 rings (SSSR count). The SMILES string of the molecule is CC(C)(C)c1cccc(-c2ccccc2)c1-c1oc(-c2ccc(-c3ccccc3)cc2)c2ccccc12. The van der Waals surface area contributed by atoms with E-state index in [0.29, 0.717) is 0 Å². The van der Waals surface area contributed by atoms with E-state index in [1.807, 2.05) is 6.07 Å². The van der Waals surface area contributed by atoms with Gasteiger partial charge in [0, 0.05) is 21.9 Å². The van der Waals surface area contributed by atoms with E-state index >= 15 is 0 Å². The molecule has 0 fully saturated rings. The summed E-state index contributed by atoms with van der Waals surface area (Å²) in [6, 6.07) is 45.0. The maximum Gasteiger partial charge on any atom is 0.143 e. The van der Waals surface area contributed by atoms with Crippen molar-refractivity contribution < 1.29 is 4.42 Å². The summed E-state index contributed by atoms with van der Waals surface area (Å²) in [7, 11) is 0.